The molecule has 0 aromatic heterocycles. The van der Waals surface area contributed by atoms with Crippen LogP contribution >= 0.6 is 0 Å². The van der Waals surface area contributed by atoms with Crippen molar-refractivity contribution in [3.05, 3.63) is 65.7 Å². The van der Waals surface area contributed by atoms with Crippen LogP contribution < -0.4 is 11.5 Å². The number of allylic oxidation sites excluding steroid dienone is 1. The van der Waals surface area contributed by atoms with Crippen molar-refractivity contribution in [3.8, 4) is 0 Å². The van der Waals surface area contributed by atoms with Crippen LogP contribution in [0.2, 0.25) is 0 Å². The van der Waals surface area contributed by atoms with Crippen LogP contribution in [0, 0.1) is 0 Å². The van der Waals surface area contributed by atoms with Gasteiger partial charge in [-0.3, -0.25) is 0 Å². The zero-order valence-electron chi connectivity index (χ0n) is 10.3. The Morgan fingerprint density at radius 2 is 1.61 bits per heavy atom. The van der Waals surface area contributed by atoms with Gasteiger partial charge in [-0.15, -0.1) is 0 Å². The number of hydrogen-bond acceptors (Lipinski definition) is 2. The van der Waals surface area contributed by atoms with Gasteiger partial charge in [0.1, 0.15) is 0 Å². The highest BCUT2D eigenvalue weighted by Crippen LogP contribution is 2.11. The first kappa shape index (κ1) is 12.2. The number of nitrogens with two attached hydrogens (primary N) is 2. The third-order valence-corrected chi connectivity index (χ3v) is 2.77. The summed E-state index contributed by atoms with van der Waals surface area (Å²) >= 11 is 0. The molecule has 0 bridgehead atoms. The number of nitrogen functional groups attached to an aromatic ring is 2. The van der Waals surface area contributed by atoms with Crippen molar-refractivity contribution in [1.29, 1.82) is 0 Å². The first-order valence-corrected chi connectivity index (χ1v) is 6.10. The molecule has 0 radical (unpaired) electrons. The molecule has 0 saturated heterocycles. The van der Waals surface area contributed by atoms with Crippen molar-refractivity contribution in [3.63, 3.8) is 0 Å². The monoisotopic (exact) mass is 238 g/mol. The van der Waals surface area contributed by atoms with Crippen molar-refractivity contribution in [2.45, 2.75) is 12.8 Å². The van der Waals surface area contributed by atoms with Gasteiger partial charge in [0.2, 0.25) is 0 Å². The van der Waals surface area contributed by atoms with Gasteiger partial charge in [-0.05, 0) is 48.2 Å². The van der Waals surface area contributed by atoms with E-state index in [1.54, 1.807) is 0 Å². The molecule has 0 fully saturated rings. The Kier molecular flexibility index (Phi) is 4.02. The second kappa shape index (κ2) is 5.92. The van der Waals surface area contributed by atoms with Crippen LogP contribution in [0.4, 0.5) is 11.4 Å². The van der Waals surface area contributed by atoms with Crippen molar-refractivity contribution >= 4 is 17.5 Å². The van der Waals surface area contributed by atoms with Gasteiger partial charge in [0.15, 0.2) is 0 Å². The summed E-state index contributed by atoms with van der Waals surface area (Å²) < 4.78 is 0. The van der Waals surface area contributed by atoms with E-state index in [0.29, 0.717) is 0 Å². The van der Waals surface area contributed by atoms with E-state index in [1.165, 1.54) is 5.56 Å². The highest BCUT2D eigenvalue weighted by molar-refractivity contribution is 5.55. The largest absolute Gasteiger partial charge is 0.399 e. The van der Waals surface area contributed by atoms with Gasteiger partial charge in [0, 0.05) is 11.4 Å². The molecule has 0 aliphatic rings. The summed E-state index contributed by atoms with van der Waals surface area (Å²) in [6.45, 7) is 0. The van der Waals surface area contributed by atoms with Crippen LogP contribution in [0.15, 0.2) is 54.6 Å². The maximum absolute atomic E-state index is 5.74. The van der Waals surface area contributed by atoms with E-state index >= 15 is 0 Å². The van der Waals surface area contributed by atoms with Crippen molar-refractivity contribution in [2.24, 2.45) is 0 Å². The lowest BCUT2D eigenvalue weighted by atomic mass is 10.1. The van der Waals surface area contributed by atoms with Gasteiger partial charge < -0.3 is 11.5 Å². The predicted octanol–water partition coefficient (Wildman–Crippen LogP) is 3.50. The van der Waals surface area contributed by atoms with E-state index in [1.807, 2.05) is 42.5 Å². The Labute approximate surface area is 108 Å². The van der Waals surface area contributed by atoms with Crippen LogP contribution in [0.5, 0.6) is 0 Å². The molecular formula is C16H18N2. The molecule has 0 heterocycles. The summed E-state index contributed by atoms with van der Waals surface area (Å²) in [5.41, 5.74) is 15.5. The fourth-order valence-corrected chi connectivity index (χ4v) is 1.88. The molecule has 0 spiro atoms. The molecule has 2 nitrogen and oxygen atoms in total. The van der Waals surface area contributed by atoms with E-state index in [9.17, 15) is 0 Å². The second-order valence-corrected chi connectivity index (χ2v) is 4.36. The topological polar surface area (TPSA) is 52.0 Å². The summed E-state index contributed by atoms with van der Waals surface area (Å²) in [6.07, 6.45) is 6.27. The Bertz CT molecular complexity index is 544. The lowest BCUT2D eigenvalue weighted by Gasteiger charge is -2.00. The van der Waals surface area contributed by atoms with Gasteiger partial charge in [0.25, 0.3) is 0 Å². The summed E-state index contributed by atoms with van der Waals surface area (Å²) in [5.74, 6) is 0. The standard InChI is InChI=1S/C16H18N2/c17-15-9-3-7-13(11-15)5-1-2-6-14-8-4-10-16(18)12-14/h1,3-5,7-12H,2,6,17-18H2. The number of hydrogen-bond donors (Lipinski definition) is 2. The molecule has 2 aromatic carbocycles. The number of anilines is 2. The summed E-state index contributed by atoms with van der Waals surface area (Å²) in [6, 6.07) is 15.9. The van der Waals surface area contributed by atoms with Crippen LogP contribution in [0.3, 0.4) is 0 Å². The van der Waals surface area contributed by atoms with Crippen molar-refractivity contribution in [1.82, 2.24) is 0 Å². The Hall–Kier alpha value is -2.22. The number of benzene rings is 2. The van der Waals surface area contributed by atoms with E-state index in [2.05, 4.69) is 18.2 Å². The van der Waals surface area contributed by atoms with Gasteiger partial charge >= 0.3 is 0 Å². The first-order valence-electron chi connectivity index (χ1n) is 6.10. The van der Waals surface area contributed by atoms with Gasteiger partial charge in [-0.2, -0.15) is 0 Å². The molecule has 0 unspecified atom stereocenters. The summed E-state index contributed by atoms with van der Waals surface area (Å²) in [5, 5.41) is 0. The zero-order valence-corrected chi connectivity index (χ0v) is 10.3. The molecule has 18 heavy (non-hydrogen) atoms. The fourth-order valence-electron chi connectivity index (χ4n) is 1.88. The summed E-state index contributed by atoms with van der Waals surface area (Å²) in [4.78, 5) is 0. The maximum Gasteiger partial charge on any atom is 0.0319 e. The van der Waals surface area contributed by atoms with Crippen LogP contribution in [-0.2, 0) is 6.42 Å². The van der Waals surface area contributed by atoms with Gasteiger partial charge in [-0.1, -0.05) is 36.4 Å². The Balaban J connectivity index is 1.89. The zero-order chi connectivity index (χ0) is 12.8. The Morgan fingerprint density at radius 1 is 0.889 bits per heavy atom. The number of rotatable bonds is 4. The smallest absolute Gasteiger partial charge is 0.0319 e. The van der Waals surface area contributed by atoms with Gasteiger partial charge in [-0.25, -0.2) is 0 Å². The predicted molar refractivity (Wildman–Crippen MR) is 79.1 cm³/mol. The third kappa shape index (κ3) is 3.67. The lowest BCUT2D eigenvalue weighted by molar-refractivity contribution is 1.01. The minimum Gasteiger partial charge on any atom is -0.399 e. The van der Waals surface area contributed by atoms with E-state index < -0.39 is 0 Å². The van der Waals surface area contributed by atoms with E-state index in [-0.39, 0.29) is 0 Å². The highest BCUT2D eigenvalue weighted by Gasteiger charge is 1.92. The third-order valence-electron chi connectivity index (χ3n) is 2.77. The quantitative estimate of drug-likeness (QED) is 0.801. The van der Waals surface area contributed by atoms with Crippen LogP contribution in [-0.4, -0.2) is 0 Å². The molecule has 92 valence electrons. The molecule has 0 atom stereocenters. The molecular weight excluding hydrogens is 220 g/mol. The fraction of sp³-hybridized carbons (Fsp3) is 0.125. The highest BCUT2D eigenvalue weighted by atomic mass is 14.5. The molecule has 0 amide bonds. The van der Waals surface area contributed by atoms with Crippen LogP contribution in [0.25, 0.3) is 6.08 Å². The average molecular weight is 238 g/mol. The molecule has 4 N–H and O–H groups in total. The lowest BCUT2D eigenvalue weighted by Crippen LogP contribution is -1.88. The maximum atomic E-state index is 5.74. The first-order chi connectivity index (χ1) is 8.74. The molecule has 0 saturated carbocycles. The molecule has 2 aromatic rings. The van der Waals surface area contributed by atoms with Gasteiger partial charge in [0.05, 0.1) is 0 Å². The SMILES string of the molecule is Nc1cccc(C=CCCc2cccc(N)c2)c1. The van der Waals surface area contributed by atoms with E-state index in [4.69, 9.17) is 11.5 Å². The van der Waals surface area contributed by atoms with Crippen LogP contribution in [0.1, 0.15) is 17.5 Å². The molecule has 0 aliphatic heterocycles. The molecule has 2 heteroatoms. The van der Waals surface area contributed by atoms with Crippen molar-refractivity contribution in [2.75, 3.05) is 11.5 Å². The minimum atomic E-state index is 0.799. The normalized spacial score (nSPS) is 10.9. The average Bonchev–Trinajstić information content (AvgIpc) is 2.35. The molecule has 2 rings (SSSR count). The Morgan fingerprint density at radius 3 is 2.33 bits per heavy atom. The molecule has 0 aliphatic carbocycles. The minimum absolute atomic E-state index is 0.799. The van der Waals surface area contributed by atoms with Crippen molar-refractivity contribution < 1.29 is 0 Å². The van der Waals surface area contributed by atoms with E-state index in [0.717, 1.165) is 29.8 Å². The number of aryl methyl sites for hydroxylation is 1. The summed E-state index contributed by atoms with van der Waals surface area (Å²) in [7, 11) is 0. The second-order valence-electron chi connectivity index (χ2n) is 4.36.